The number of anilines is 1. The molecule has 2 heteroatoms. The Morgan fingerprint density at radius 1 is 0.792 bits per heavy atom. The average Bonchev–Trinajstić information content (AvgIpc) is 2.58. The lowest BCUT2D eigenvalue weighted by atomic mass is 9.99. The molecule has 0 aliphatic rings. The number of fused-ring (bicyclic) bond motifs is 3. The van der Waals surface area contributed by atoms with E-state index in [9.17, 15) is 4.79 Å². The predicted molar refractivity (Wildman–Crippen MR) is 102 cm³/mol. The highest BCUT2D eigenvalue weighted by molar-refractivity contribution is 6.12. The van der Waals surface area contributed by atoms with Crippen LogP contribution in [0.15, 0.2) is 78.9 Å². The van der Waals surface area contributed by atoms with Crippen molar-refractivity contribution in [2.24, 2.45) is 0 Å². The van der Waals surface area contributed by atoms with Gasteiger partial charge in [0.05, 0.1) is 0 Å². The Bertz CT molecular complexity index is 1120. The Hall–Kier alpha value is -3.13. The van der Waals surface area contributed by atoms with Crippen molar-refractivity contribution in [2.45, 2.75) is 6.92 Å². The summed E-state index contributed by atoms with van der Waals surface area (Å²) < 4.78 is 0. The van der Waals surface area contributed by atoms with E-state index in [2.05, 4.69) is 60.4 Å². The Balaban J connectivity index is 1.96. The van der Waals surface area contributed by atoms with E-state index in [1.807, 2.05) is 18.2 Å². The van der Waals surface area contributed by atoms with E-state index < -0.39 is 0 Å². The summed E-state index contributed by atoms with van der Waals surface area (Å²) >= 11 is 0. The predicted octanol–water partition coefficient (Wildman–Crippen LogP) is 5.66. The van der Waals surface area contributed by atoms with Gasteiger partial charge in [-0.3, -0.25) is 4.79 Å². The number of nitrogens with one attached hydrogen (secondary N) is 1. The van der Waals surface area contributed by atoms with Crippen LogP contribution in [0.4, 0.5) is 5.69 Å². The maximum Gasteiger partial charge on any atom is 0.250 e. The number of hydrogen-bond donors (Lipinski definition) is 1. The van der Waals surface area contributed by atoms with Crippen LogP contribution in [0.25, 0.3) is 32.3 Å². The van der Waals surface area contributed by atoms with E-state index in [0.29, 0.717) is 5.57 Å². The van der Waals surface area contributed by atoms with Crippen molar-refractivity contribution < 1.29 is 4.79 Å². The first-order chi connectivity index (χ1) is 11.6. The van der Waals surface area contributed by atoms with Gasteiger partial charge >= 0.3 is 0 Å². The summed E-state index contributed by atoms with van der Waals surface area (Å²) in [7, 11) is 0. The highest BCUT2D eigenvalue weighted by Gasteiger charge is 2.08. The summed E-state index contributed by atoms with van der Waals surface area (Å²) in [6.07, 6.45) is 0. The molecule has 4 aromatic rings. The number of carbonyl (C=O) groups is 1. The van der Waals surface area contributed by atoms with E-state index in [1.165, 1.54) is 21.5 Å². The minimum Gasteiger partial charge on any atom is -0.322 e. The molecule has 1 N–H and O–H groups in total. The van der Waals surface area contributed by atoms with Crippen molar-refractivity contribution >= 4 is 43.9 Å². The number of hydrogen-bond acceptors (Lipinski definition) is 1. The van der Waals surface area contributed by atoms with E-state index in [4.69, 9.17) is 0 Å². The smallest absolute Gasteiger partial charge is 0.250 e. The monoisotopic (exact) mass is 311 g/mol. The Morgan fingerprint density at radius 2 is 1.38 bits per heavy atom. The van der Waals surface area contributed by atoms with Gasteiger partial charge in [0.25, 0.3) is 5.91 Å². The summed E-state index contributed by atoms with van der Waals surface area (Å²) in [4.78, 5) is 12.0. The summed E-state index contributed by atoms with van der Waals surface area (Å²) in [5, 5.41) is 9.91. The molecule has 0 fully saturated rings. The molecule has 0 aromatic heterocycles. The van der Waals surface area contributed by atoms with Gasteiger partial charge in [-0.05, 0) is 64.2 Å². The summed E-state index contributed by atoms with van der Waals surface area (Å²) in [5.41, 5.74) is 1.31. The van der Waals surface area contributed by atoms with Crippen molar-refractivity contribution in [3.63, 3.8) is 0 Å². The van der Waals surface area contributed by atoms with E-state index >= 15 is 0 Å². The zero-order chi connectivity index (χ0) is 16.7. The summed E-state index contributed by atoms with van der Waals surface area (Å²) in [6, 6.07) is 23.0. The quantitative estimate of drug-likeness (QED) is 0.375. The molecule has 0 saturated heterocycles. The first-order valence-electron chi connectivity index (χ1n) is 7.94. The molecule has 0 spiro atoms. The number of benzene rings is 4. The molecular weight excluding hydrogens is 294 g/mol. The summed E-state index contributed by atoms with van der Waals surface area (Å²) in [6.45, 7) is 5.41. The molecule has 116 valence electrons. The van der Waals surface area contributed by atoms with Crippen LogP contribution in [-0.2, 0) is 4.79 Å². The average molecular weight is 311 g/mol. The van der Waals surface area contributed by atoms with Gasteiger partial charge < -0.3 is 5.32 Å². The minimum atomic E-state index is -0.152. The molecular formula is C22H17NO. The van der Waals surface area contributed by atoms with E-state index in [0.717, 1.165) is 16.5 Å². The largest absolute Gasteiger partial charge is 0.322 e. The molecule has 4 aromatic carbocycles. The van der Waals surface area contributed by atoms with E-state index in [-0.39, 0.29) is 5.91 Å². The molecule has 0 saturated carbocycles. The normalized spacial score (nSPS) is 11.0. The van der Waals surface area contributed by atoms with Crippen LogP contribution in [0.5, 0.6) is 0 Å². The molecule has 1 amide bonds. The third-order valence-electron chi connectivity index (χ3n) is 4.34. The van der Waals surface area contributed by atoms with Gasteiger partial charge in [-0.25, -0.2) is 0 Å². The fraction of sp³-hybridized carbons (Fsp3) is 0.0455. The van der Waals surface area contributed by atoms with E-state index in [1.54, 1.807) is 6.92 Å². The van der Waals surface area contributed by atoms with Gasteiger partial charge in [0.1, 0.15) is 0 Å². The zero-order valence-corrected chi connectivity index (χ0v) is 13.5. The first kappa shape index (κ1) is 14.5. The second-order valence-electron chi connectivity index (χ2n) is 6.16. The molecule has 0 radical (unpaired) electrons. The van der Waals surface area contributed by atoms with Gasteiger partial charge in [-0.15, -0.1) is 0 Å². The second kappa shape index (κ2) is 5.50. The van der Waals surface area contributed by atoms with Crippen LogP contribution >= 0.6 is 0 Å². The second-order valence-corrected chi connectivity index (χ2v) is 6.16. The fourth-order valence-electron chi connectivity index (χ4n) is 3.06. The van der Waals surface area contributed by atoms with Crippen LogP contribution in [0.3, 0.4) is 0 Å². The standard InChI is InChI=1S/C22H17NO/c1-14(2)22(24)23-21-9-5-8-17-12-18-10-15-6-3-4-7-16(15)11-19(18)13-20(17)21/h3-13H,1H2,2H3,(H,23,24). The van der Waals surface area contributed by atoms with Crippen LogP contribution in [-0.4, -0.2) is 5.91 Å². The maximum atomic E-state index is 12.0. The highest BCUT2D eigenvalue weighted by atomic mass is 16.1. The molecule has 0 atom stereocenters. The van der Waals surface area contributed by atoms with Crippen molar-refractivity contribution in [1.29, 1.82) is 0 Å². The molecule has 0 aliphatic carbocycles. The van der Waals surface area contributed by atoms with Gasteiger partial charge in [0.2, 0.25) is 0 Å². The van der Waals surface area contributed by atoms with Crippen LogP contribution in [0.2, 0.25) is 0 Å². The van der Waals surface area contributed by atoms with Crippen molar-refractivity contribution in [3.8, 4) is 0 Å². The summed E-state index contributed by atoms with van der Waals surface area (Å²) in [5.74, 6) is -0.152. The van der Waals surface area contributed by atoms with Gasteiger partial charge in [-0.2, -0.15) is 0 Å². The highest BCUT2D eigenvalue weighted by Crippen LogP contribution is 2.31. The molecule has 2 nitrogen and oxygen atoms in total. The third kappa shape index (κ3) is 2.42. The Kier molecular flexibility index (Phi) is 3.31. The number of carbonyl (C=O) groups excluding carboxylic acids is 1. The Labute approximate surface area is 140 Å². The van der Waals surface area contributed by atoms with Gasteiger partial charge in [0, 0.05) is 16.6 Å². The van der Waals surface area contributed by atoms with Crippen LogP contribution in [0, 0.1) is 0 Å². The Morgan fingerprint density at radius 3 is 2.04 bits per heavy atom. The van der Waals surface area contributed by atoms with Crippen molar-refractivity contribution in [3.05, 3.63) is 78.9 Å². The lowest BCUT2D eigenvalue weighted by Gasteiger charge is -2.11. The maximum absolute atomic E-state index is 12.0. The van der Waals surface area contributed by atoms with Crippen molar-refractivity contribution in [1.82, 2.24) is 0 Å². The molecule has 0 unspecified atom stereocenters. The topological polar surface area (TPSA) is 29.1 Å². The first-order valence-corrected chi connectivity index (χ1v) is 7.94. The third-order valence-corrected chi connectivity index (χ3v) is 4.34. The zero-order valence-electron chi connectivity index (χ0n) is 13.5. The lowest BCUT2D eigenvalue weighted by Crippen LogP contribution is -2.11. The van der Waals surface area contributed by atoms with Gasteiger partial charge in [-0.1, -0.05) is 43.0 Å². The lowest BCUT2D eigenvalue weighted by molar-refractivity contribution is -0.112. The van der Waals surface area contributed by atoms with Gasteiger partial charge in [0.15, 0.2) is 0 Å². The number of rotatable bonds is 2. The molecule has 0 heterocycles. The minimum absolute atomic E-state index is 0.152. The molecule has 4 rings (SSSR count). The van der Waals surface area contributed by atoms with Crippen LogP contribution in [0.1, 0.15) is 6.92 Å². The van der Waals surface area contributed by atoms with Crippen molar-refractivity contribution in [2.75, 3.05) is 5.32 Å². The molecule has 0 aliphatic heterocycles. The van der Waals surface area contributed by atoms with Crippen LogP contribution < -0.4 is 5.32 Å². The molecule has 0 bridgehead atoms. The number of amides is 1. The molecule has 24 heavy (non-hydrogen) atoms. The SMILES string of the molecule is C=C(C)C(=O)Nc1cccc2cc3cc4ccccc4cc3cc12. The fourth-order valence-corrected chi connectivity index (χ4v) is 3.06.